The quantitative estimate of drug-likeness (QED) is 0.885. The summed E-state index contributed by atoms with van der Waals surface area (Å²) in [6.07, 6.45) is 1.83. The van der Waals surface area contributed by atoms with Crippen molar-refractivity contribution in [3.8, 4) is 6.07 Å². The normalized spacial score (nSPS) is 21.7. The van der Waals surface area contributed by atoms with E-state index >= 15 is 0 Å². The van der Waals surface area contributed by atoms with E-state index in [9.17, 15) is 15.2 Å². The summed E-state index contributed by atoms with van der Waals surface area (Å²) < 4.78 is 0. The Labute approximate surface area is 113 Å². The number of nitriles is 1. The van der Waals surface area contributed by atoms with Crippen LogP contribution in [0.25, 0.3) is 0 Å². The Morgan fingerprint density at radius 2 is 2.16 bits per heavy atom. The zero-order valence-corrected chi connectivity index (χ0v) is 11.3. The van der Waals surface area contributed by atoms with Gasteiger partial charge in [-0.2, -0.15) is 5.26 Å². The van der Waals surface area contributed by atoms with Gasteiger partial charge in [0.1, 0.15) is 12.1 Å². The van der Waals surface area contributed by atoms with E-state index in [1.807, 2.05) is 30.9 Å². The van der Waals surface area contributed by atoms with Gasteiger partial charge in [-0.1, -0.05) is 26.0 Å². The van der Waals surface area contributed by atoms with Gasteiger partial charge in [-0.25, -0.2) is 4.79 Å². The number of rotatable bonds is 2. The van der Waals surface area contributed by atoms with Crippen LogP contribution < -0.4 is 4.90 Å². The molecule has 0 spiro atoms. The minimum absolute atomic E-state index is 0.299. The van der Waals surface area contributed by atoms with Gasteiger partial charge in [0.2, 0.25) is 0 Å². The zero-order valence-electron chi connectivity index (χ0n) is 11.3. The highest BCUT2D eigenvalue weighted by Crippen LogP contribution is 2.38. The second kappa shape index (κ2) is 4.93. The van der Waals surface area contributed by atoms with Gasteiger partial charge in [0.25, 0.3) is 0 Å². The minimum Gasteiger partial charge on any atom is -0.480 e. The average molecular weight is 258 g/mol. The number of para-hydroxylation sites is 1. The highest BCUT2D eigenvalue weighted by atomic mass is 16.4. The van der Waals surface area contributed by atoms with Crippen LogP contribution in [0.3, 0.4) is 0 Å². The van der Waals surface area contributed by atoms with Crippen LogP contribution in [0.5, 0.6) is 0 Å². The molecule has 1 fully saturated rings. The zero-order chi connectivity index (χ0) is 14.0. The second-order valence-electron chi connectivity index (χ2n) is 5.66. The fourth-order valence-electron chi connectivity index (χ4n) is 2.94. The van der Waals surface area contributed by atoms with E-state index in [-0.39, 0.29) is 5.41 Å². The van der Waals surface area contributed by atoms with E-state index in [1.54, 1.807) is 12.1 Å². The number of piperidine rings is 1. The van der Waals surface area contributed by atoms with Gasteiger partial charge in [0, 0.05) is 6.54 Å². The lowest BCUT2D eigenvalue weighted by atomic mass is 9.76. The van der Waals surface area contributed by atoms with Crippen molar-refractivity contribution >= 4 is 11.7 Å². The number of carboxylic acids is 1. The summed E-state index contributed by atoms with van der Waals surface area (Å²) in [5, 5.41) is 18.7. The Hall–Kier alpha value is -2.02. The maximum atomic E-state index is 11.6. The largest absolute Gasteiger partial charge is 0.480 e. The molecule has 1 aliphatic heterocycles. The smallest absolute Gasteiger partial charge is 0.326 e. The molecule has 0 saturated carbocycles. The molecule has 2 rings (SSSR count). The van der Waals surface area contributed by atoms with Gasteiger partial charge in [0.05, 0.1) is 11.3 Å². The number of benzene rings is 1. The first-order valence-electron chi connectivity index (χ1n) is 6.46. The summed E-state index contributed by atoms with van der Waals surface area (Å²) in [4.78, 5) is 13.5. The Morgan fingerprint density at radius 1 is 1.47 bits per heavy atom. The third kappa shape index (κ3) is 2.41. The van der Waals surface area contributed by atoms with Gasteiger partial charge >= 0.3 is 5.97 Å². The van der Waals surface area contributed by atoms with Crippen LogP contribution in [-0.4, -0.2) is 23.7 Å². The average Bonchev–Trinajstić information content (AvgIpc) is 2.36. The summed E-state index contributed by atoms with van der Waals surface area (Å²) >= 11 is 0. The summed E-state index contributed by atoms with van der Waals surface area (Å²) in [7, 11) is 0. The van der Waals surface area contributed by atoms with E-state index in [4.69, 9.17) is 0 Å². The number of anilines is 1. The highest BCUT2D eigenvalue weighted by Gasteiger charge is 2.43. The standard InChI is InChI=1S/C15H18N2O2/c1-15(2)8-5-9-17(13(15)14(18)19)12-7-4-3-6-11(12)10-16/h3-4,6-7,13H,5,8-9H2,1-2H3,(H,18,19). The first-order chi connectivity index (χ1) is 8.97. The molecule has 1 aromatic carbocycles. The predicted molar refractivity (Wildman–Crippen MR) is 72.9 cm³/mol. The molecule has 1 heterocycles. The summed E-state index contributed by atoms with van der Waals surface area (Å²) in [6.45, 7) is 4.64. The molecular weight excluding hydrogens is 240 g/mol. The molecule has 0 amide bonds. The minimum atomic E-state index is -0.822. The number of aliphatic carboxylic acids is 1. The van der Waals surface area contributed by atoms with Crippen molar-refractivity contribution in [3.63, 3.8) is 0 Å². The maximum Gasteiger partial charge on any atom is 0.326 e. The molecule has 0 radical (unpaired) electrons. The van der Waals surface area contributed by atoms with Gasteiger partial charge in [-0.15, -0.1) is 0 Å². The van der Waals surface area contributed by atoms with E-state index < -0.39 is 12.0 Å². The van der Waals surface area contributed by atoms with Crippen LogP contribution in [0.15, 0.2) is 24.3 Å². The van der Waals surface area contributed by atoms with Crippen molar-refractivity contribution in [2.75, 3.05) is 11.4 Å². The van der Waals surface area contributed by atoms with Crippen LogP contribution in [0.2, 0.25) is 0 Å². The van der Waals surface area contributed by atoms with Crippen molar-refractivity contribution in [1.29, 1.82) is 5.26 Å². The Morgan fingerprint density at radius 3 is 2.79 bits per heavy atom. The van der Waals surface area contributed by atoms with Gasteiger partial charge in [0.15, 0.2) is 0 Å². The molecule has 0 aromatic heterocycles. The molecule has 0 bridgehead atoms. The first-order valence-corrected chi connectivity index (χ1v) is 6.46. The molecule has 0 aliphatic carbocycles. The van der Waals surface area contributed by atoms with Crippen molar-refractivity contribution in [2.24, 2.45) is 5.41 Å². The number of carboxylic acid groups (broad SMARTS) is 1. The van der Waals surface area contributed by atoms with E-state index in [0.29, 0.717) is 12.1 Å². The van der Waals surface area contributed by atoms with Crippen LogP contribution in [0.4, 0.5) is 5.69 Å². The van der Waals surface area contributed by atoms with Gasteiger partial charge < -0.3 is 10.0 Å². The molecule has 1 aliphatic rings. The Kier molecular flexibility index (Phi) is 3.48. The molecule has 19 heavy (non-hydrogen) atoms. The highest BCUT2D eigenvalue weighted by molar-refractivity contribution is 5.80. The van der Waals surface area contributed by atoms with Crippen LogP contribution >= 0.6 is 0 Å². The lowest BCUT2D eigenvalue weighted by Gasteiger charge is -2.45. The Balaban J connectivity index is 2.47. The Bertz CT molecular complexity index is 531. The van der Waals surface area contributed by atoms with E-state index in [1.165, 1.54) is 0 Å². The number of nitrogens with zero attached hydrogens (tertiary/aromatic N) is 2. The second-order valence-corrected chi connectivity index (χ2v) is 5.66. The third-order valence-electron chi connectivity index (χ3n) is 3.84. The predicted octanol–water partition coefficient (Wildman–Crippen LogP) is 2.64. The number of hydrogen-bond acceptors (Lipinski definition) is 3. The lowest BCUT2D eigenvalue weighted by Crippen LogP contribution is -2.54. The summed E-state index contributed by atoms with van der Waals surface area (Å²) in [5.74, 6) is -0.822. The van der Waals surface area contributed by atoms with E-state index in [0.717, 1.165) is 18.5 Å². The first kappa shape index (κ1) is 13.4. The van der Waals surface area contributed by atoms with Gasteiger partial charge in [-0.05, 0) is 30.4 Å². The molecule has 4 nitrogen and oxygen atoms in total. The SMILES string of the molecule is CC1(C)CCCN(c2ccccc2C#N)C1C(=O)O. The van der Waals surface area contributed by atoms with Gasteiger partial charge in [-0.3, -0.25) is 0 Å². The topological polar surface area (TPSA) is 64.3 Å². The van der Waals surface area contributed by atoms with Crippen LogP contribution in [0, 0.1) is 16.7 Å². The molecule has 1 unspecified atom stereocenters. The fourth-order valence-corrected chi connectivity index (χ4v) is 2.94. The van der Waals surface area contributed by atoms with Crippen LogP contribution in [0.1, 0.15) is 32.3 Å². The molecule has 100 valence electrons. The summed E-state index contributed by atoms with van der Waals surface area (Å²) in [6, 6.07) is 8.76. The van der Waals surface area contributed by atoms with Crippen molar-refractivity contribution < 1.29 is 9.90 Å². The van der Waals surface area contributed by atoms with Crippen molar-refractivity contribution in [3.05, 3.63) is 29.8 Å². The molecule has 1 atom stereocenters. The maximum absolute atomic E-state index is 11.6. The van der Waals surface area contributed by atoms with Crippen LogP contribution in [-0.2, 0) is 4.79 Å². The fraction of sp³-hybridized carbons (Fsp3) is 0.467. The molecule has 1 N–H and O–H groups in total. The number of carbonyl (C=O) groups is 1. The summed E-state index contributed by atoms with van der Waals surface area (Å²) in [5.41, 5.74) is 0.962. The monoisotopic (exact) mass is 258 g/mol. The molecule has 4 heteroatoms. The third-order valence-corrected chi connectivity index (χ3v) is 3.84. The number of hydrogen-bond donors (Lipinski definition) is 1. The van der Waals surface area contributed by atoms with Crippen molar-refractivity contribution in [1.82, 2.24) is 0 Å². The lowest BCUT2D eigenvalue weighted by molar-refractivity contribution is -0.142. The molecular formula is C15H18N2O2. The molecule has 1 aromatic rings. The van der Waals surface area contributed by atoms with Crippen molar-refractivity contribution in [2.45, 2.75) is 32.7 Å². The molecule has 1 saturated heterocycles. The van der Waals surface area contributed by atoms with E-state index in [2.05, 4.69) is 6.07 Å².